The van der Waals surface area contributed by atoms with Gasteiger partial charge in [-0.05, 0) is 32.6 Å². The molecule has 6 rings (SSSR count). The van der Waals surface area contributed by atoms with E-state index in [1.165, 1.54) is 36.6 Å². The lowest BCUT2D eigenvalue weighted by Crippen LogP contribution is -2.61. The van der Waals surface area contributed by atoms with Crippen LogP contribution in [0.1, 0.15) is 32.6 Å². The summed E-state index contributed by atoms with van der Waals surface area (Å²) in [5.41, 5.74) is -0.222. The van der Waals surface area contributed by atoms with E-state index in [1.54, 1.807) is 4.90 Å². The zero-order valence-electron chi connectivity index (χ0n) is 22.2. The number of nitrogens with zero attached hydrogens (tertiary/aromatic N) is 7. The van der Waals surface area contributed by atoms with E-state index in [1.807, 2.05) is 6.92 Å². The summed E-state index contributed by atoms with van der Waals surface area (Å²) in [5, 5.41) is 5.69. The van der Waals surface area contributed by atoms with Crippen molar-refractivity contribution in [3.05, 3.63) is 24.7 Å². The molecule has 0 unspecified atom stereocenters. The van der Waals surface area contributed by atoms with Crippen LogP contribution in [0.15, 0.2) is 24.7 Å². The van der Waals surface area contributed by atoms with Crippen molar-refractivity contribution in [2.45, 2.75) is 50.4 Å². The first kappa shape index (κ1) is 26.8. The van der Waals surface area contributed by atoms with Crippen LogP contribution in [-0.4, -0.2) is 106 Å². The molecule has 4 aliphatic heterocycles. The lowest BCUT2D eigenvalue weighted by atomic mass is 9.80. The second kappa shape index (κ2) is 11.5. The Morgan fingerprint density at radius 2 is 1.90 bits per heavy atom. The minimum absolute atomic E-state index is 0.112. The number of likely N-dealkylation sites (N-methyl/N-ethyl adjacent to an activating group) is 1. The minimum Gasteiger partial charge on any atom is -0.477 e. The van der Waals surface area contributed by atoms with E-state index in [-0.39, 0.29) is 30.2 Å². The van der Waals surface area contributed by atoms with Gasteiger partial charge in [0.25, 0.3) is 0 Å². The summed E-state index contributed by atoms with van der Waals surface area (Å²) in [6.45, 7) is 5.72. The van der Waals surface area contributed by atoms with Crippen LogP contribution < -0.4 is 25.0 Å². The van der Waals surface area contributed by atoms with Crippen LogP contribution in [0.3, 0.4) is 0 Å². The fourth-order valence-electron chi connectivity index (χ4n) is 5.29. The van der Waals surface area contributed by atoms with Gasteiger partial charge in [0.15, 0.2) is 5.82 Å². The molecule has 210 valence electrons. The predicted octanol–water partition coefficient (Wildman–Crippen LogP) is 2.07. The number of urea groups is 1. The summed E-state index contributed by atoms with van der Waals surface area (Å²) in [5.74, 6) is 0.982. The number of carbonyl (C=O) groups is 2. The number of amides is 3. The lowest BCUT2D eigenvalue weighted by molar-refractivity contribution is 0.0613. The number of fused-ring (bicyclic) bond motifs is 3. The van der Waals surface area contributed by atoms with Crippen LogP contribution >= 0.6 is 0 Å². The van der Waals surface area contributed by atoms with Gasteiger partial charge in [0.1, 0.15) is 6.17 Å². The van der Waals surface area contributed by atoms with Gasteiger partial charge in [-0.3, -0.25) is 5.32 Å². The van der Waals surface area contributed by atoms with Crippen LogP contribution in [0.5, 0.6) is 11.8 Å². The average molecular weight is 544 g/mol. The molecule has 2 bridgehead atoms. The molecule has 4 saturated heterocycles. The molecule has 0 radical (unpaired) electrons. The first-order valence-corrected chi connectivity index (χ1v) is 13.3. The molecule has 39 heavy (non-hydrogen) atoms. The summed E-state index contributed by atoms with van der Waals surface area (Å²) in [6.07, 6.45) is 5.40. The fraction of sp³-hybridized carbons (Fsp3) is 0.600. The number of carbonyl (C=O) groups excluding carboxylic acids is 2. The van der Waals surface area contributed by atoms with Gasteiger partial charge >= 0.3 is 12.1 Å². The Balaban J connectivity index is 1.19. The maximum absolute atomic E-state index is 15.0. The monoisotopic (exact) mass is 543 g/mol. The van der Waals surface area contributed by atoms with E-state index in [2.05, 4.69) is 35.5 Å². The van der Waals surface area contributed by atoms with Crippen molar-refractivity contribution in [1.29, 1.82) is 0 Å². The molecule has 0 aliphatic carbocycles. The Morgan fingerprint density at radius 1 is 1.13 bits per heavy atom. The molecule has 2 N–H and O–H groups in total. The quantitative estimate of drug-likeness (QED) is 0.534. The molecule has 0 aromatic carbocycles. The van der Waals surface area contributed by atoms with Crippen LogP contribution in [-0.2, 0) is 0 Å². The van der Waals surface area contributed by atoms with Crippen molar-refractivity contribution in [3.63, 3.8) is 0 Å². The fourth-order valence-corrected chi connectivity index (χ4v) is 5.29. The minimum atomic E-state index is -1.24. The molecule has 6 heterocycles. The van der Waals surface area contributed by atoms with Gasteiger partial charge in [0.05, 0.1) is 25.0 Å². The maximum Gasteiger partial charge on any atom is 0.414 e. The Kier molecular flexibility index (Phi) is 7.91. The van der Waals surface area contributed by atoms with Gasteiger partial charge in [-0.25, -0.2) is 28.9 Å². The molecule has 13 nitrogen and oxygen atoms in total. The molecule has 2 aromatic rings. The van der Waals surface area contributed by atoms with Crippen molar-refractivity contribution >= 4 is 23.9 Å². The third-order valence-electron chi connectivity index (χ3n) is 7.66. The predicted molar refractivity (Wildman–Crippen MR) is 140 cm³/mol. The standard InChI is InChI=1S/C25H34FN9O4/c1-3-38-21-15-28-19(14-29-21)30-23(36)33(2)18-16-35(10-5-17(18)26)22-27-9-4-20(31-22)39-24(37)32-25-6-11-34(12-7-25)13-8-25/h4,9,14-15,17-18H,3,5-8,10-13,16H2,1-2H3,(H,32,37)(H,28,30,36)/t17-,18+/m1/s1. The van der Waals surface area contributed by atoms with Crippen LogP contribution in [0, 0.1) is 0 Å². The second-order valence-electron chi connectivity index (χ2n) is 10.1. The highest BCUT2D eigenvalue weighted by molar-refractivity contribution is 5.88. The molecule has 3 amide bonds. The highest BCUT2D eigenvalue weighted by Crippen LogP contribution is 2.32. The summed E-state index contributed by atoms with van der Waals surface area (Å²) < 4.78 is 25.7. The number of halogens is 1. The zero-order valence-corrected chi connectivity index (χ0v) is 22.2. The van der Waals surface area contributed by atoms with Crippen molar-refractivity contribution in [2.75, 3.05) is 56.6 Å². The number of anilines is 2. The van der Waals surface area contributed by atoms with Gasteiger partial charge in [-0.1, -0.05) is 0 Å². The van der Waals surface area contributed by atoms with Crippen LogP contribution in [0.25, 0.3) is 0 Å². The van der Waals surface area contributed by atoms with Gasteiger partial charge in [-0.2, -0.15) is 4.98 Å². The first-order chi connectivity index (χ1) is 18.8. The highest BCUT2D eigenvalue weighted by atomic mass is 19.1. The first-order valence-electron chi connectivity index (χ1n) is 13.3. The van der Waals surface area contributed by atoms with Crippen molar-refractivity contribution in [3.8, 4) is 11.8 Å². The molecule has 14 heteroatoms. The number of rotatable bonds is 7. The Labute approximate surface area is 226 Å². The number of piperidine rings is 4. The topological polar surface area (TPSA) is 138 Å². The van der Waals surface area contributed by atoms with Crippen molar-refractivity contribution in [1.82, 2.24) is 35.1 Å². The second-order valence-corrected chi connectivity index (χ2v) is 10.1. The van der Waals surface area contributed by atoms with Crippen LogP contribution in [0.2, 0.25) is 0 Å². The van der Waals surface area contributed by atoms with E-state index in [9.17, 15) is 14.0 Å². The molecule has 0 saturated carbocycles. The highest BCUT2D eigenvalue weighted by Gasteiger charge is 2.41. The summed E-state index contributed by atoms with van der Waals surface area (Å²) in [4.78, 5) is 47.9. The van der Waals surface area contributed by atoms with E-state index < -0.39 is 24.3 Å². The van der Waals surface area contributed by atoms with Gasteiger partial charge in [0, 0.05) is 57.6 Å². The van der Waals surface area contributed by atoms with Gasteiger partial charge < -0.3 is 29.5 Å². The molecule has 4 aliphatic rings. The Morgan fingerprint density at radius 3 is 2.59 bits per heavy atom. The third kappa shape index (κ3) is 6.27. The Hall–Kier alpha value is -3.81. The van der Waals surface area contributed by atoms with E-state index in [4.69, 9.17) is 9.47 Å². The van der Waals surface area contributed by atoms with Gasteiger partial charge in [-0.15, -0.1) is 0 Å². The van der Waals surface area contributed by atoms with Crippen molar-refractivity contribution < 1.29 is 23.5 Å². The van der Waals surface area contributed by atoms with Gasteiger partial charge in [0.2, 0.25) is 17.7 Å². The molecule has 4 fully saturated rings. The largest absolute Gasteiger partial charge is 0.477 e. The number of hydrogen-bond donors (Lipinski definition) is 2. The number of hydrogen-bond acceptors (Lipinski definition) is 10. The maximum atomic E-state index is 15.0. The molecular formula is C25H34FN9O4. The van der Waals surface area contributed by atoms with E-state index >= 15 is 0 Å². The SMILES string of the molecule is CCOc1cnc(NC(=O)N(C)[C@H]2CN(c3nccc(OC(=O)NC45CCN(CC4)CC5)n3)CC[C@H]2F)cn1. The lowest BCUT2D eigenvalue weighted by Gasteiger charge is -2.48. The normalized spacial score (nSPS) is 26.0. The zero-order chi connectivity index (χ0) is 27.4. The molecule has 2 aromatic heterocycles. The summed E-state index contributed by atoms with van der Waals surface area (Å²) in [6, 6.07) is 0.230. The van der Waals surface area contributed by atoms with E-state index in [0.29, 0.717) is 25.0 Å². The molecule has 0 spiro atoms. The van der Waals surface area contributed by atoms with Crippen molar-refractivity contribution in [2.24, 2.45) is 0 Å². The molecule has 2 atom stereocenters. The smallest absolute Gasteiger partial charge is 0.414 e. The summed E-state index contributed by atoms with van der Waals surface area (Å²) in [7, 11) is 1.53. The number of aromatic nitrogens is 4. The molecular weight excluding hydrogens is 509 g/mol. The number of ether oxygens (including phenoxy) is 2. The number of alkyl halides is 1. The van der Waals surface area contributed by atoms with Crippen LogP contribution in [0.4, 0.5) is 25.7 Å². The average Bonchev–Trinajstić information content (AvgIpc) is 2.95. The van der Waals surface area contributed by atoms with E-state index in [0.717, 1.165) is 38.9 Å². The third-order valence-corrected chi connectivity index (χ3v) is 7.66. The Bertz CT molecular complexity index is 1150. The summed E-state index contributed by atoms with van der Waals surface area (Å²) >= 11 is 0. The number of nitrogens with one attached hydrogen (secondary N) is 2.